The molecule has 0 atom stereocenters. The largest absolute Gasteiger partial charge is 0.497 e. The summed E-state index contributed by atoms with van der Waals surface area (Å²) in [6, 6.07) is 7.65. The molecule has 0 bridgehead atoms. The minimum Gasteiger partial charge on any atom is -0.497 e. The van der Waals surface area contributed by atoms with Gasteiger partial charge in [0.15, 0.2) is 5.96 Å². The number of guanidine groups is 1. The smallest absolute Gasteiger partial charge is 0.191 e. The zero-order valence-electron chi connectivity index (χ0n) is 21.3. The van der Waals surface area contributed by atoms with Gasteiger partial charge in [-0.05, 0) is 53.9 Å². The Balaban J connectivity index is 1.87. The van der Waals surface area contributed by atoms with Gasteiger partial charge in [0, 0.05) is 74.7 Å². The van der Waals surface area contributed by atoms with Gasteiger partial charge in [-0.2, -0.15) is 0 Å². The van der Waals surface area contributed by atoms with Crippen molar-refractivity contribution < 1.29 is 9.47 Å². The van der Waals surface area contributed by atoms with Crippen LogP contribution in [-0.4, -0.2) is 75.9 Å². The predicted molar refractivity (Wildman–Crippen MR) is 135 cm³/mol. The maximum Gasteiger partial charge on any atom is 0.191 e. The van der Waals surface area contributed by atoms with Gasteiger partial charge in [0.1, 0.15) is 11.5 Å². The van der Waals surface area contributed by atoms with Gasteiger partial charge in [-0.1, -0.05) is 0 Å². The van der Waals surface area contributed by atoms with Crippen LogP contribution in [0.5, 0.6) is 11.5 Å². The Hall–Kier alpha value is -2.15. The molecule has 7 nitrogen and oxygen atoms in total. The standard InChI is InChI=1S/C25H45N5O2/c1-8-26-25(27-12-9-13-30(19(2)3)20(4)5)28-21-10-14-29(15-11-21)22-16-23(31-6)18-24(17-22)32-7/h16-21H,8-15H2,1-7H3,(H2,26,27,28). The Morgan fingerprint density at radius 2 is 1.66 bits per heavy atom. The summed E-state index contributed by atoms with van der Waals surface area (Å²) in [5, 5.41) is 7.07. The Morgan fingerprint density at radius 1 is 1.06 bits per heavy atom. The van der Waals surface area contributed by atoms with E-state index in [1.165, 1.54) is 0 Å². The number of nitrogens with zero attached hydrogens (tertiary/aromatic N) is 3. The normalized spacial score (nSPS) is 15.6. The van der Waals surface area contributed by atoms with Crippen LogP contribution in [0.15, 0.2) is 23.2 Å². The summed E-state index contributed by atoms with van der Waals surface area (Å²) in [7, 11) is 3.39. The zero-order chi connectivity index (χ0) is 23.5. The predicted octanol–water partition coefficient (Wildman–Crippen LogP) is 3.74. The molecule has 1 saturated heterocycles. The highest BCUT2D eigenvalue weighted by Gasteiger charge is 2.21. The fourth-order valence-corrected chi connectivity index (χ4v) is 4.33. The van der Waals surface area contributed by atoms with E-state index < -0.39 is 0 Å². The van der Waals surface area contributed by atoms with E-state index in [-0.39, 0.29) is 0 Å². The average Bonchev–Trinajstić information content (AvgIpc) is 2.78. The van der Waals surface area contributed by atoms with Crippen molar-refractivity contribution in [3.05, 3.63) is 18.2 Å². The van der Waals surface area contributed by atoms with Gasteiger partial charge in [0.05, 0.1) is 14.2 Å². The maximum atomic E-state index is 5.43. The molecule has 0 aliphatic carbocycles. The number of aliphatic imine (C=N–C) groups is 1. The van der Waals surface area contributed by atoms with E-state index in [9.17, 15) is 0 Å². The van der Waals surface area contributed by atoms with E-state index in [0.717, 1.165) is 75.1 Å². The van der Waals surface area contributed by atoms with Crippen LogP contribution in [0.1, 0.15) is 53.9 Å². The van der Waals surface area contributed by atoms with Crippen LogP contribution in [-0.2, 0) is 0 Å². The van der Waals surface area contributed by atoms with Crippen molar-refractivity contribution in [1.29, 1.82) is 0 Å². The van der Waals surface area contributed by atoms with Crippen LogP contribution in [0.25, 0.3) is 0 Å². The summed E-state index contributed by atoms with van der Waals surface area (Å²) in [5.41, 5.74) is 1.15. The molecule has 0 aromatic heterocycles. The van der Waals surface area contributed by atoms with Crippen LogP contribution in [0.4, 0.5) is 5.69 Å². The van der Waals surface area contributed by atoms with Crippen molar-refractivity contribution in [3.8, 4) is 11.5 Å². The molecule has 2 N–H and O–H groups in total. The molecule has 1 aromatic rings. The van der Waals surface area contributed by atoms with E-state index in [2.05, 4.69) is 67.2 Å². The second kappa shape index (κ2) is 13.4. The molecule has 1 heterocycles. The topological polar surface area (TPSA) is 61.4 Å². The number of benzene rings is 1. The third kappa shape index (κ3) is 8.08. The number of ether oxygens (including phenoxy) is 2. The SMILES string of the molecule is CCNC(=NCCCN(C(C)C)C(C)C)NC1CCN(c2cc(OC)cc(OC)c2)CC1. The van der Waals surface area contributed by atoms with Crippen molar-refractivity contribution in [2.45, 2.75) is 72.0 Å². The Morgan fingerprint density at radius 3 is 2.16 bits per heavy atom. The average molecular weight is 448 g/mol. The van der Waals surface area contributed by atoms with Gasteiger partial charge >= 0.3 is 0 Å². The molecule has 0 spiro atoms. The van der Waals surface area contributed by atoms with Crippen molar-refractivity contribution >= 4 is 11.6 Å². The lowest BCUT2D eigenvalue weighted by atomic mass is 10.0. The first-order chi connectivity index (χ1) is 15.4. The molecule has 7 heteroatoms. The van der Waals surface area contributed by atoms with Crippen LogP contribution in [0.2, 0.25) is 0 Å². The Bertz CT molecular complexity index is 669. The van der Waals surface area contributed by atoms with Gasteiger partial charge in [0.2, 0.25) is 0 Å². The monoisotopic (exact) mass is 447 g/mol. The first-order valence-electron chi connectivity index (χ1n) is 12.2. The summed E-state index contributed by atoms with van der Waals surface area (Å²) in [6.45, 7) is 16.0. The summed E-state index contributed by atoms with van der Waals surface area (Å²) in [5.74, 6) is 2.60. The van der Waals surface area contributed by atoms with Crippen molar-refractivity contribution in [2.24, 2.45) is 4.99 Å². The first kappa shape index (κ1) is 26.1. The number of piperidine rings is 1. The number of methoxy groups -OCH3 is 2. The highest BCUT2D eigenvalue weighted by molar-refractivity contribution is 5.80. The lowest BCUT2D eigenvalue weighted by Gasteiger charge is -2.35. The molecule has 1 aliphatic heterocycles. The second-order valence-electron chi connectivity index (χ2n) is 9.02. The fourth-order valence-electron chi connectivity index (χ4n) is 4.33. The highest BCUT2D eigenvalue weighted by atomic mass is 16.5. The summed E-state index contributed by atoms with van der Waals surface area (Å²) >= 11 is 0. The van der Waals surface area contributed by atoms with E-state index in [1.807, 2.05) is 6.07 Å². The van der Waals surface area contributed by atoms with Crippen LogP contribution < -0.4 is 25.0 Å². The van der Waals surface area contributed by atoms with Crippen LogP contribution in [0.3, 0.4) is 0 Å². The third-order valence-corrected chi connectivity index (χ3v) is 6.05. The molecular weight excluding hydrogens is 402 g/mol. The molecule has 0 saturated carbocycles. The summed E-state index contributed by atoms with van der Waals surface area (Å²) < 4.78 is 10.9. The van der Waals surface area contributed by atoms with Crippen LogP contribution >= 0.6 is 0 Å². The van der Waals surface area contributed by atoms with Gasteiger partial charge in [-0.15, -0.1) is 0 Å². The van der Waals surface area contributed by atoms with Crippen molar-refractivity contribution in [3.63, 3.8) is 0 Å². The third-order valence-electron chi connectivity index (χ3n) is 6.05. The van der Waals surface area contributed by atoms with Crippen molar-refractivity contribution in [2.75, 3.05) is 51.8 Å². The van der Waals surface area contributed by atoms with E-state index >= 15 is 0 Å². The lowest BCUT2D eigenvalue weighted by Crippen LogP contribution is -2.48. The minimum absolute atomic E-state index is 0.430. The van der Waals surface area contributed by atoms with Crippen molar-refractivity contribution in [1.82, 2.24) is 15.5 Å². The zero-order valence-corrected chi connectivity index (χ0v) is 21.3. The number of anilines is 1. The van der Waals surface area contributed by atoms with E-state index in [1.54, 1.807) is 14.2 Å². The molecule has 32 heavy (non-hydrogen) atoms. The number of rotatable bonds is 11. The molecule has 182 valence electrons. The first-order valence-corrected chi connectivity index (χ1v) is 12.2. The van der Waals surface area contributed by atoms with Crippen LogP contribution in [0, 0.1) is 0 Å². The highest BCUT2D eigenvalue weighted by Crippen LogP contribution is 2.30. The number of hydrogen-bond donors (Lipinski definition) is 2. The summed E-state index contributed by atoms with van der Waals surface area (Å²) in [6.07, 6.45) is 3.21. The molecule has 1 fully saturated rings. The van der Waals surface area contributed by atoms with E-state index in [4.69, 9.17) is 14.5 Å². The molecular formula is C25H45N5O2. The minimum atomic E-state index is 0.430. The molecule has 0 amide bonds. The maximum absolute atomic E-state index is 5.43. The molecule has 1 aliphatic rings. The number of nitrogens with one attached hydrogen (secondary N) is 2. The number of hydrogen-bond acceptors (Lipinski definition) is 5. The quantitative estimate of drug-likeness (QED) is 0.306. The van der Waals surface area contributed by atoms with Gasteiger partial charge in [-0.3, -0.25) is 9.89 Å². The fraction of sp³-hybridized carbons (Fsp3) is 0.720. The van der Waals surface area contributed by atoms with Gasteiger partial charge < -0.3 is 25.0 Å². The molecule has 2 rings (SSSR count). The molecule has 1 aromatic carbocycles. The van der Waals surface area contributed by atoms with Gasteiger partial charge in [-0.25, -0.2) is 0 Å². The molecule has 0 radical (unpaired) electrons. The summed E-state index contributed by atoms with van der Waals surface area (Å²) in [4.78, 5) is 9.77. The van der Waals surface area contributed by atoms with Gasteiger partial charge in [0.25, 0.3) is 0 Å². The molecule has 0 unspecified atom stereocenters. The second-order valence-corrected chi connectivity index (χ2v) is 9.02. The van der Waals surface area contributed by atoms with E-state index in [0.29, 0.717) is 18.1 Å². The Kier molecular flexibility index (Phi) is 10.9. The Labute approximate surface area is 195 Å². The lowest BCUT2D eigenvalue weighted by molar-refractivity contribution is 0.174.